The van der Waals surface area contributed by atoms with E-state index in [1.807, 2.05) is 18.2 Å². The minimum absolute atomic E-state index is 0.198. The molecule has 0 spiro atoms. The number of ether oxygens (including phenoxy) is 2. The summed E-state index contributed by atoms with van der Waals surface area (Å²) >= 11 is 0. The van der Waals surface area contributed by atoms with Crippen molar-refractivity contribution >= 4 is 11.8 Å². The van der Waals surface area contributed by atoms with Crippen molar-refractivity contribution in [3.8, 4) is 11.5 Å². The zero-order valence-electron chi connectivity index (χ0n) is 13.7. The molecule has 2 aromatic rings. The summed E-state index contributed by atoms with van der Waals surface area (Å²) in [5, 5.41) is 8.96. The minimum atomic E-state index is -0.963. The molecule has 24 heavy (non-hydrogen) atoms. The number of benzene rings is 1. The molecule has 1 fully saturated rings. The lowest BCUT2D eigenvalue weighted by Crippen LogP contribution is -2.20. The summed E-state index contributed by atoms with van der Waals surface area (Å²) in [6.07, 6.45) is 2.38. The second-order valence-corrected chi connectivity index (χ2v) is 5.75. The number of anilines is 1. The molecule has 1 atom stereocenters. The van der Waals surface area contributed by atoms with Gasteiger partial charge in [-0.25, -0.2) is 9.78 Å². The fraction of sp³-hybridized carbons (Fsp3) is 0.333. The third-order valence-electron chi connectivity index (χ3n) is 4.38. The Morgan fingerprint density at radius 3 is 2.71 bits per heavy atom. The average Bonchev–Trinajstić information content (AvgIpc) is 3.11. The van der Waals surface area contributed by atoms with E-state index in [2.05, 4.69) is 9.88 Å². The van der Waals surface area contributed by atoms with Gasteiger partial charge in [0.15, 0.2) is 0 Å². The molecule has 0 amide bonds. The zero-order chi connectivity index (χ0) is 17.1. The SMILES string of the molecule is COc1ccc(OC)c([C@@H]2CCN(c3ccc(C(=O)O)cn3)C2)c1. The zero-order valence-corrected chi connectivity index (χ0v) is 13.7. The van der Waals surface area contributed by atoms with Gasteiger partial charge < -0.3 is 19.5 Å². The van der Waals surface area contributed by atoms with Gasteiger partial charge in [-0.2, -0.15) is 0 Å². The molecule has 0 unspecified atom stereocenters. The molecule has 6 nitrogen and oxygen atoms in total. The highest BCUT2D eigenvalue weighted by Gasteiger charge is 2.27. The summed E-state index contributed by atoms with van der Waals surface area (Å²) in [5.41, 5.74) is 1.32. The van der Waals surface area contributed by atoms with Gasteiger partial charge in [0.05, 0.1) is 19.8 Å². The second kappa shape index (κ2) is 6.78. The Labute approximate surface area is 140 Å². The summed E-state index contributed by atoms with van der Waals surface area (Å²) in [4.78, 5) is 17.4. The van der Waals surface area contributed by atoms with Crippen LogP contribution < -0.4 is 14.4 Å². The van der Waals surface area contributed by atoms with E-state index in [1.54, 1.807) is 26.4 Å². The van der Waals surface area contributed by atoms with Gasteiger partial charge in [-0.15, -0.1) is 0 Å². The Hall–Kier alpha value is -2.76. The van der Waals surface area contributed by atoms with Crippen LogP contribution in [0.25, 0.3) is 0 Å². The summed E-state index contributed by atoms with van der Waals surface area (Å²) < 4.78 is 10.8. The van der Waals surface area contributed by atoms with Crippen LogP contribution in [0.2, 0.25) is 0 Å². The van der Waals surface area contributed by atoms with E-state index in [-0.39, 0.29) is 5.56 Å². The van der Waals surface area contributed by atoms with E-state index in [9.17, 15) is 4.79 Å². The molecule has 1 aromatic carbocycles. The molecule has 2 heterocycles. The first-order valence-corrected chi connectivity index (χ1v) is 7.78. The first-order chi connectivity index (χ1) is 11.6. The van der Waals surface area contributed by atoms with Crippen molar-refractivity contribution in [2.75, 3.05) is 32.2 Å². The van der Waals surface area contributed by atoms with E-state index in [0.717, 1.165) is 42.4 Å². The van der Waals surface area contributed by atoms with Gasteiger partial charge in [0.2, 0.25) is 0 Å². The van der Waals surface area contributed by atoms with Gasteiger partial charge in [0.25, 0.3) is 0 Å². The highest BCUT2D eigenvalue weighted by Crippen LogP contribution is 2.37. The van der Waals surface area contributed by atoms with Crippen molar-refractivity contribution in [2.24, 2.45) is 0 Å². The van der Waals surface area contributed by atoms with Crippen LogP contribution in [0.15, 0.2) is 36.5 Å². The van der Waals surface area contributed by atoms with Gasteiger partial charge in [-0.1, -0.05) is 0 Å². The monoisotopic (exact) mass is 328 g/mol. The summed E-state index contributed by atoms with van der Waals surface area (Å²) in [6, 6.07) is 9.19. The molecule has 1 aliphatic rings. The largest absolute Gasteiger partial charge is 0.497 e. The molecule has 0 aliphatic carbocycles. The number of pyridine rings is 1. The number of rotatable bonds is 5. The first kappa shape index (κ1) is 16.1. The van der Waals surface area contributed by atoms with E-state index in [4.69, 9.17) is 14.6 Å². The molecule has 1 aromatic heterocycles. The van der Waals surface area contributed by atoms with Crippen LogP contribution >= 0.6 is 0 Å². The Balaban J connectivity index is 1.79. The van der Waals surface area contributed by atoms with Crippen LogP contribution in [0.5, 0.6) is 11.5 Å². The van der Waals surface area contributed by atoms with Crippen molar-refractivity contribution in [3.05, 3.63) is 47.7 Å². The quantitative estimate of drug-likeness (QED) is 0.910. The number of carbonyl (C=O) groups is 1. The van der Waals surface area contributed by atoms with Crippen molar-refractivity contribution in [2.45, 2.75) is 12.3 Å². The molecule has 3 rings (SSSR count). The topological polar surface area (TPSA) is 71.9 Å². The number of carboxylic acids is 1. The maximum atomic E-state index is 10.9. The van der Waals surface area contributed by atoms with Crippen molar-refractivity contribution in [3.63, 3.8) is 0 Å². The lowest BCUT2D eigenvalue weighted by molar-refractivity contribution is 0.0696. The van der Waals surface area contributed by atoms with Gasteiger partial charge in [-0.05, 0) is 36.8 Å². The maximum absolute atomic E-state index is 10.9. The van der Waals surface area contributed by atoms with E-state index < -0.39 is 5.97 Å². The molecule has 0 bridgehead atoms. The summed E-state index contributed by atoms with van der Waals surface area (Å²) in [7, 11) is 3.32. The molecule has 0 radical (unpaired) electrons. The number of carboxylic acid groups (broad SMARTS) is 1. The third kappa shape index (κ3) is 3.13. The minimum Gasteiger partial charge on any atom is -0.497 e. The number of aromatic carboxylic acids is 1. The molecular weight excluding hydrogens is 308 g/mol. The maximum Gasteiger partial charge on any atom is 0.337 e. The Kier molecular flexibility index (Phi) is 4.55. The molecule has 0 saturated carbocycles. The van der Waals surface area contributed by atoms with Crippen LogP contribution in [-0.4, -0.2) is 43.4 Å². The normalized spacial score (nSPS) is 16.9. The Bertz CT molecular complexity index is 730. The third-order valence-corrected chi connectivity index (χ3v) is 4.38. The Morgan fingerprint density at radius 1 is 1.25 bits per heavy atom. The smallest absolute Gasteiger partial charge is 0.337 e. The van der Waals surface area contributed by atoms with Crippen molar-refractivity contribution in [1.82, 2.24) is 4.98 Å². The van der Waals surface area contributed by atoms with Crippen molar-refractivity contribution < 1.29 is 19.4 Å². The second-order valence-electron chi connectivity index (χ2n) is 5.75. The van der Waals surface area contributed by atoms with Gasteiger partial charge in [0.1, 0.15) is 17.3 Å². The molecular formula is C18H20N2O4. The predicted octanol–water partition coefficient (Wildman–Crippen LogP) is 2.79. The van der Waals surface area contributed by atoms with Gasteiger partial charge >= 0.3 is 5.97 Å². The number of hydrogen-bond acceptors (Lipinski definition) is 5. The van der Waals surface area contributed by atoms with Crippen LogP contribution in [0.1, 0.15) is 28.3 Å². The fourth-order valence-corrected chi connectivity index (χ4v) is 3.08. The number of nitrogens with zero attached hydrogens (tertiary/aromatic N) is 2. The van der Waals surface area contributed by atoms with E-state index in [0.29, 0.717) is 5.92 Å². The van der Waals surface area contributed by atoms with Crippen LogP contribution in [0.4, 0.5) is 5.82 Å². The standard InChI is InChI=1S/C18H20N2O4/c1-23-14-4-5-16(24-2)15(9-14)13-7-8-20(11-13)17-6-3-12(10-19-17)18(21)22/h3-6,9-10,13H,7-8,11H2,1-2H3,(H,21,22)/t13-/m1/s1. The molecule has 1 aliphatic heterocycles. The summed E-state index contributed by atoms with van der Waals surface area (Å²) in [6.45, 7) is 1.67. The number of aromatic nitrogens is 1. The van der Waals surface area contributed by atoms with Crippen molar-refractivity contribution in [1.29, 1.82) is 0 Å². The van der Waals surface area contributed by atoms with Crippen LogP contribution in [0.3, 0.4) is 0 Å². The van der Waals surface area contributed by atoms with Crippen LogP contribution in [0, 0.1) is 0 Å². The number of methoxy groups -OCH3 is 2. The van der Waals surface area contributed by atoms with Crippen LogP contribution in [-0.2, 0) is 0 Å². The predicted molar refractivity (Wildman–Crippen MR) is 90.3 cm³/mol. The lowest BCUT2D eigenvalue weighted by Gasteiger charge is -2.19. The molecule has 1 N–H and O–H groups in total. The average molecular weight is 328 g/mol. The highest BCUT2D eigenvalue weighted by atomic mass is 16.5. The lowest BCUT2D eigenvalue weighted by atomic mass is 9.97. The molecule has 6 heteroatoms. The highest BCUT2D eigenvalue weighted by molar-refractivity contribution is 5.87. The fourth-order valence-electron chi connectivity index (χ4n) is 3.08. The van der Waals surface area contributed by atoms with Gasteiger partial charge in [-0.3, -0.25) is 0 Å². The Morgan fingerprint density at radius 2 is 2.08 bits per heavy atom. The van der Waals surface area contributed by atoms with Gasteiger partial charge in [0, 0.05) is 30.8 Å². The molecule has 126 valence electrons. The van der Waals surface area contributed by atoms with E-state index >= 15 is 0 Å². The molecule has 1 saturated heterocycles. The number of hydrogen-bond donors (Lipinski definition) is 1. The first-order valence-electron chi connectivity index (χ1n) is 7.78. The van der Waals surface area contributed by atoms with E-state index in [1.165, 1.54) is 6.20 Å². The summed E-state index contributed by atoms with van der Waals surface area (Å²) in [5.74, 6) is 1.82.